The standard InChI is InChI=1S/C12H25ClN2/c1-11(2)15(12(3)4)10-9-14-8-6-5-7-13/h5-6,11-12,14H,7-10H2,1-4H3/b6-5+. The van der Waals surface area contributed by atoms with Gasteiger partial charge >= 0.3 is 0 Å². The maximum atomic E-state index is 5.53. The van der Waals surface area contributed by atoms with Crippen molar-refractivity contribution in [3.63, 3.8) is 0 Å². The van der Waals surface area contributed by atoms with Gasteiger partial charge in [0.2, 0.25) is 0 Å². The van der Waals surface area contributed by atoms with Gasteiger partial charge in [-0.2, -0.15) is 0 Å². The third-order valence-corrected chi connectivity index (χ3v) is 2.57. The third-order valence-electron chi connectivity index (χ3n) is 2.39. The second-order valence-electron chi connectivity index (χ2n) is 4.26. The fourth-order valence-corrected chi connectivity index (χ4v) is 1.78. The quantitative estimate of drug-likeness (QED) is 0.393. The van der Waals surface area contributed by atoms with Crippen LogP contribution in [-0.2, 0) is 0 Å². The zero-order valence-corrected chi connectivity index (χ0v) is 11.2. The zero-order valence-electron chi connectivity index (χ0n) is 10.5. The summed E-state index contributed by atoms with van der Waals surface area (Å²) in [5, 5.41) is 3.37. The Kier molecular flexibility index (Phi) is 9.17. The van der Waals surface area contributed by atoms with Crippen LogP contribution in [0.25, 0.3) is 0 Å². The third kappa shape index (κ3) is 7.83. The molecule has 0 aliphatic heterocycles. The monoisotopic (exact) mass is 232 g/mol. The lowest BCUT2D eigenvalue weighted by Gasteiger charge is -2.30. The van der Waals surface area contributed by atoms with E-state index in [-0.39, 0.29) is 0 Å². The Bertz CT molecular complexity index is 159. The first kappa shape index (κ1) is 14.9. The van der Waals surface area contributed by atoms with Gasteiger partial charge in [0.1, 0.15) is 0 Å². The Morgan fingerprint density at radius 3 is 2.20 bits per heavy atom. The van der Waals surface area contributed by atoms with E-state index in [4.69, 9.17) is 11.6 Å². The predicted molar refractivity (Wildman–Crippen MR) is 69.7 cm³/mol. The first-order valence-corrected chi connectivity index (χ1v) is 6.30. The van der Waals surface area contributed by atoms with Gasteiger partial charge < -0.3 is 5.32 Å². The van der Waals surface area contributed by atoms with Crippen molar-refractivity contribution in [1.82, 2.24) is 10.2 Å². The Labute approximate surface area is 99.7 Å². The fourth-order valence-electron chi connectivity index (χ4n) is 1.65. The number of allylic oxidation sites excluding steroid dienone is 1. The van der Waals surface area contributed by atoms with Crippen LogP contribution in [0.3, 0.4) is 0 Å². The Morgan fingerprint density at radius 2 is 1.73 bits per heavy atom. The molecule has 0 aromatic carbocycles. The second-order valence-corrected chi connectivity index (χ2v) is 4.56. The molecule has 0 fully saturated rings. The van der Waals surface area contributed by atoms with E-state index in [1.165, 1.54) is 0 Å². The van der Waals surface area contributed by atoms with Gasteiger partial charge in [-0.25, -0.2) is 0 Å². The second kappa shape index (κ2) is 9.20. The molecule has 0 aliphatic rings. The molecule has 0 spiro atoms. The highest BCUT2D eigenvalue weighted by atomic mass is 35.5. The molecule has 0 unspecified atom stereocenters. The van der Waals surface area contributed by atoms with E-state index >= 15 is 0 Å². The molecular weight excluding hydrogens is 208 g/mol. The predicted octanol–water partition coefficient (Wildman–Crippen LogP) is 2.49. The number of halogens is 1. The highest BCUT2D eigenvalue weighted by Crippen LogP contribution is 2.02. The summed E-state index contributed by atoms with van der Waals surface area (Å²) >= 11 is 5.53. The number of alkyl halides is 1. The molecule has 0 atom stereocenters. The minimum Gasteiger partial charge on any atom is -0.312 e. The molecule has 1 N–H and O–H groups in total. The molecule has 0 amide bonds. The topological polar surface area (TPSA) is 15.3 Å². The van der Waals surface area contributed by atoms with E-state index in [9.17, 15) is 0 Å². The number of nitrogens with zero attached hydrogens (tertiary/aromatic N) is 1. The summed E-state index contributed by atoms with van der Waals surface area (Å²) in [6.45, 7) is 12.0. The largest absolute Gasteiger partial charge is 0.312 e. The lowest BCUT2D eigenvalue weighted by Crippen LogP contribution is -2.41. The zero-order chi connectivity index (χ0) is 11.7. The Balaban J connectivity index is 3.59. The molecule has 0 aliphatic carbocycles. The van der Waals surface area contributed by atoms with Gasteiger partial charge in [-0.3, -0.25) is 4.90 Å². The molecule has 0 bridgehead atoms. The minimum atomic E-state index is 0.603. The molecular formula is C12H25ClN2. The van der Waals surface area contributed by atoms with Crippen LogP contribution >= 0.6 is 11.6 Å². The fraction of sp³-hybridized carbons (Fsp3) is 0.833. The van der Waals surface area contributed by atoms with E-state index in [0.29, 0.717) is 18.0 Å². The van der Waals surface area contributed by atoms with Gasteiger partial charge in [-0.1, -0.05) is 12.2 Å². The van der Waals surface area contributed by atoms with Crippen molar-refractivity contribution in [3.05, 3.63) is 12.2 Å². The van der Waals surface area contributed by atoms with E-state index in [1.54, 1.807) is 0 Å². The minimum absolute atomic E-state index is 0.603. The Morgan fingerprint density at radius 1 is 1.13 bits per heavy atom. The van der Waals surface area contributed by atoms with E-state index < -0.39 is 0 Å². The summed E-state index contributed by atoms with van der Waals surface area (Å²) in [6.07, 6.45) is 4.04. The van der Waals surface area contributed by atoms with E-state index in [2.05, 4.69) is 44.0 Å². The van der Waals surface area contributed by atoms with Crippen LogP contribution < -0.4 is 5.32 Å². The summed E-state index contributed by atoms with van der Waals surface area (Å²) in [5.74, 6) is 0.603. The van der Waals surface area contributed by atoms with Crippen molar-refractivity contribution >= 4 is 11.6 Å². The van der Waals surface area contributed by atoms with Crippen molar-refractivity contribution in [2.45, 2.75) is 39.8 Å². The molecule has 15 heavy (non-hydrogen) atoms. The average Bonchev–Trinajstić information content (AvgIpc) is 2.15. The molecule has 2 nitrogen and oxygen atoms in total. The highest BCUT2D eigenvalue weighted by molar-refractivity contribution is 6.18. The molecule has 90 valence electrons. The maximum absolute atomic E-state index is 5.53. The number of hydrogen-bond donors (Lipinski definition) is 1. The van der Waals surface area contributed by atoms with Crippen molar-refractivity contribution < 1.29 is 0 Å². The van der Waals surface area contributed by atoms with E-state index in [0.717, 1.165) is 19.6 Å². The van der Waals surface area contributed by atoms with Gasteiger partial charge in [-0.05, 0) is 27.7 Å². The van der Waals surface area contributed by atoms with Crippen LogP contribution in [0.5, 0.6) is 0 Å². The molecule has 0 aromatic rings. The van der Waals surface area contributed by atoms with Gasteiger partial charge in [-0.15, -0.1) is 11.6 Å². The number of hydrogen-bond acceptors (Lipinski definition) is 2. The van der Waals surface area contributed by atoms with Crippen molar-refractivity contribution in [2.75, 3.05) is 25.5 Å². The Hall–Kier alpha value is -0.0500. The van der Waals surface area contributed by atoms with Crippen LogP contribution in [0.15, 0.2) is 12.2 Å². The van der Waals surface area contributed by atoms with Crippen molar-refractivity contribution in [2.24, 2.45) is 0 Å². The number of rotatable bonds is 8. The van der Waals surface area contributed by atoms with Crippen LogP contribution in [-0.4, -0.2) is 42.5 Å². The SMILES string of the molecule is CC(C)N(CCNC/C=C/CCl)C(C)C. The summed E-state index contributed by atoms with van der Waals surface area (Å²) < 4.78 is 0. The highest BCUT2D eigenvalue weighted by Gasteiger charge is 2.11. The first-order valence-electron chi connectivity index (χ1n) is 5.77. The molecule has 0 saturated carbocycles. The molecule has 0 aromatic heterocycles. The maximum Gasteiger partial charge on any atom is 0.0404 e. The lowest BCUT2D eigenvalue weighted by molar-refractivity contribution is 0.176. The summed E-state index contributed by atoms with van der Waals surface area (Å²) in [7, 11) is 0. The molecule has 0 saturated heterocycles. The van der Waals surface area contributed by atoms with Crippen LogP contribution in [0, 0.1) is 0 Å². The smallest absolute Gasteiger partial charge is 0.0404 e. The lowest BCUT2D eigenvalue weighted by atomic mass is 10.2. The van der Waals surface area contributed by atoms with Crippen LogP contribution in [0.1, 0.15) is 27.7 Å². The summed E-state index contributed by atoms with van der Waals surface area (Å²) in [6, 6.07) is 1.23. The van der Waals surface area contributed by atoms with Gasteiger partial charge in [0.15, 0.2) is 0 Å². The molecule has 0 rings (SSSR count). The molecule has 3 heteroatoms. The van der Waals surface area contributed by atoms with Crippen molar-refractivity contribution in [1.29, 1.82) is 0 Å². The normalized spacial score (nSPS) is 12.5. The van der Waals surface area contributed by atoms with E-state index in [1.807, 2.05) is 6.08 Å². The summed E-state index contributed by atoms with van der Waals surface area (Å²) in [4.78, 5) is 2.48. The van der Waals surface area contributed by atoms with Gasteiger partial charge in [0.25, 0.3) is 0 Å². The average molecular weight is 233 g/mol. The number of nitrogens with one attached hydrogen (secondary N) is 1. The summed E-state index contributed by atoms with van der Waals surface area (Å²) in [5.41, 5.74) is 0. The molecule has 0 heterocycles. The van der Waals surface area contributed by atoms with Gasteiger partial charge in [0.05, 0.1) is 0 Å². The van der Waals surface area contributed by atoms with Crippen LogP contribution in [0.2, 0.25) is 0 Å². The van der Waals surface area contributed by atoms with Crippen LogP contribution in [0.4, 0.5) is 0 Å². The van der Waals surface area contributed by atoms with Crippen molar-refractivity contribution in [3.8, 4) is 0 Å². The first-order chi connectivity index (χ1) is 7.09. The van der Waals surface area contributed by atoms with Gasteiger partial charge in [0, 0.05) is 37.6 Å². The molecule has 0 radical (unpaired) electrons.